The third-order valence-electron chi connectivity index (χ3n) is 13.0. The number of hydrogen-bond donors (Lipinski definition) is 1. The van der Waals surface area contributed by atoms with E-state index in [1.807, 2.05) is 44.3 Å². The van der Waals surface area contributed by atoms with E-state index < -0.39 is 5.89 Å². The number of phenolic OH excluding ortho intramolecular Hbond substituents is 1. The summed E-state index contributed by atoms with van der Waals surface area (Å²) in [5.74, 6) is 0.223. The van der Waals surface area contributed by atoms with E-state index in [-0.39, 0.29) is 43.1 Å². The Morgan fingerprint density at radius 2 is 1.13 bits per heavy atom. The minimum absolute atomic E-state index is 0. The van der Waals surface area contributed by atoms with Gasteiger partial charge < -0.3 is 5.11 Å². The van der Waals surface area contributed by atoms with E-state index in [1.165, 1.54) is 5.56 Å². The number of hydrogen-bond acceptors (Lipinski definition) is 3. The quantitative estimate of drug-likeness (QED) is 0.154. The Morgan fingerprint density at radius 1 is 0.544 bits per heavy atom. The van der Waals surface area contributed by atoms with Gasteiger partial charge in [-0.3, -0.25) is 9.55 Å². The number of benzene rings is 7. The number of para-hydroxylation sites is 1. The normalized spacial score (nSPS) is 12.5. The maximum absolute atomic E-state index is 12.6. The first-order valence-corrected chi connectivity index (χ1v) is 23.5. The van der Waals surface area contributed by atoms with Gasteiger partial charge in [0.2, 0.25) is 0 Å². The van der Waals surface area contributed by atoms with Crippen molar-refractivity contribution in [2.24, 2.45) is 0 Å². The van der Waals surface area contributed by atoms with Crippen molar-refractivity contribution in [3.8, 4) is 78.6 Å². The number of aromatic nitrogens is 3. The van der Waals surface area contributed by atoms with Gasteiger partial charge in [0, 0.05) is 45.6 Å². The molecule has 0 aliphatic heterocycles. The molecule has 0 atom stereocenters. The van der Waals surface area contributed by atoms with Gasteiger partial charge in [-0.2, -0.15) is 0 Å². The fourth-order valence-corrected chi connectivity index (χ4v) is 8.94. The van der Waals surface area contributed by atoms with E-state index in [9.17, 15) is 5.11 Å². The van der Waals surface area contributed by atoms with Crippen LogP contribution in [0.25, 0.3) is 83.9 Å². The van der Waals surface area contributed by atoms with Crippen LogP contribution in [0.3, 0.4) is 0 Å². The van der Waals surface area contributed by atoms with Gasteiger partial charge in [0.05, 0.1) is 16.6 Å². The van der Waals surface area contributed by atoms with Gasteiger partial charge in [-0.1, -0.05) is 208 Å². The second-order valence-electron chi connectivity index (χ2n) is 21.3. The largest absolute Gasteiger partial charge is 0.507 e. The van der Waals surface area contributed by atoms with E-state index >= 15 is 0 Å². The molecule has 0 saturated heterocycles. The minimum Gasteiger partial charge on any atom is -0.507 e. The second-order valence-corrected chi connectivity index (χ2v) is 21.3. The Bertz CT molecular complexity index is 3310. The van der Waals surface area contributed by atoms with Crippen LogP contribution < -0.4 is 0 Å². The van der Waals surface area contributed by atoms with Gasteiger partial charge in [0.1, 0.15) is 11.6 Å². The summed E-state index contributed by atoms with van der Waals surface area (Å²) in [6.07, 6.45) is 1.86. The molecule has 346 valence electrons. The number of fused-ring (bicyclic) bond motifs is 1. The smallest absolute Gasteiger partial charge is 0.148 e. The molecule has 0 saturated carbocycles. The Kier molecular flexibility index (Phi) is 12.8. The standard InChI is InChI=1S/C63H62N3O.Pt/c1-40(2)41-25-27-44(28-26-41)45-29-30-64-56(36-45)49-32-46(42-19-14-12-15-20-42)31-48(33-49)53-23-18-24-57-58(53)65-60(54-38-51(62(6,7)8)39-55(59(54)67)63(9,10)11)66(57)52-35-47(43-21-16-13-17-22-43)34-50(37-52)61(3,4)5;/h12-32,34-40,67H,1-11H3;/q-1;/i40D;. The molecule has 0 bridgehead atoms. The molecule has 5 heteroatoms. The molecule has 0 unspecified atom stereocenters. The summed E-state index contributed by atoms with van der Waals surface area (Å²) >= 11 is 0. The van der Waals surface area contributed by atoms with Gasteiger partial charge >= 0.3 is 0 Å². The zero-order valence-corrected chi connectivity index (χ0v) is 43.5. The van der Waals surface area contributed by atoms with Crippen LogP contribution in [0.15, 0.2) is 164 Å². The zero-order valence-electron chi connectivity index (χ0n) is 42.2. The third kappa shape index (κ3) is 9.67. The topological polar surface area (TPSA) is 50.9 Å². The Balaban J connectivity index is 0.00000642. The van der Waals surface area contributed by atoms with Gasteiger partial charge in [-0.15, -0.1) is 23.8 Å². The monoisotopic (exact) mass is 1070 g/mol. The molecule has 68 heavy (non-hydrogen) atoms. The number of rotatable bonds is 8. The van der Waals surface area contributed by atoms with Crippen molar-refractivity contribution in [3.05, 3.63) is 192 Å². The van der Waals surface area contributed by atoms with Crippen molar-refractivity contribution in [3.63, 3.8) is 0 Å². The van der Waals surface area contributed by atoms with Crippen molar-refractivity contribution in [2.75, 3.05) is 0 Å². The Morgan fingerprint density at radius 3 is 1.74 bits per heavy atom. The maximum atomic E-state index is 12.6. The summed E-state index contributed by atoms with van der Waals surface area (Å²) in [7, 11) is 0. The summed E-state index contributed by atoms with van der Waals surface area (Å²) in [5, 5.41) is 12.6. The summed E-state index contributed by atoms with van der Waals surface area (Å²) in [4.78, 5) is 10.6. The second kappa shape index (κ2) is 18.6. The number of nitrogens with zero attached hydrogens (tertiary/aromatic N) is 3. The third-order valence-corrected chi connectivity index (χ3v) is 13.0. The molecule has 2 aromatic heterocycles. The van der Waals surface area contributed by atoms with Gasteiger partial charge in [0.15, 0.2) is 0 Å². The fraction of sp³-hybridized carbons (Fsp3) is 0.238. The van der Waals surface area contributed by atoms with E-state index in [1.54, 1.807) is 0 Å². The van der Waals surface area contributed by atoms with Crippen molar-refractivity contribution in [1.82, 2.24) is 14.5 Å². The van der Waals surface area contributed by atoms with E-state index in [0.29, 0.717) is 11.4 Å². The molecule has 0 radical (unpaired) electrons. The number of phenols is 1. The van der Waals surface area contributed by atoms with Crippen molar-refractivity contribution >= 4 is 11.0 Å². The molecule has 0 aliphatic carbocycles. The van der Waals surface area contributed by atoms with Crippen molar-refractivity contribution in [1.29, 1.82) is 0 Å². The summed E-state index contributed by atoms with van der Waals surface area (Å²) in [6.45, 7) is 23.7. The molecule has 0 spiro atoms. The maximum Gasteiger partial charge on any atom is 0.148 e. The van der Waals surface area contributed by atoms with Crippen LogP contribution in [0, 0.1) is 6.07 Å². The van der Waals surface area contributed by atoms with Gasteiger partial charge in [0.25, 0.3) is 0 Å². The van der Waals surface area contributed by atoms with E-state index in [2.05, 4.69) is 206 Å². The number of imidazole rings is 1. The van der Waals surface area contributed by atoms with E-state index in [0.717, 1.165) is 89.2 Å². The van der Waals surface area contributed by atoms with Gasteiger partial charge in [-0.25, -0.2) is 4.98 Å². The van der Waals surface area contributed by atoms with Crippen LogP contribution in [0.4, 0.5) is 0 Å². The first-order valence-electron chi connectivity index (χ1n) is 24.0. The summed E-state index contributed by atoms with van der Waals surface area (Å²) < 4.78 is 10.8. The Hall–Kier alpha value is -6.35. The van der Waals surface area contributed by atoms with Crippen molar-refractivity contribution < 1.29 is 27.5 Å². The zero-order chi connectivity index (χ0) is 48.3. The summed E-state index contributed by atoms with van der Waals surface area (Å²) in [5.41, 5.74) is 16.8. The van der Waals surface area contributed by atoms with Gasteiger partial charge in [-0.05, 0) is 97.0 Å². The molecule has 0 aliphatic rings. The van der Waals surface area contributed by atoms with Crippen LogP contribution in [-0.4, -0.2) is 19.6 Å². The molecule has 0 amide bonds. The van der Waals surface area contributed by atoms with E-state index in [4.69, 9.17) is 11.3 Å². The van der Waals surface area contributed by atoms with Crippen LogP contribution >= 0.6 is 0 Å². The van der Waals surface area contributed by atoms with Crippen LogP contribution in [0.2, 0.25) is 0 Å². The molecular weight excluding hydrogens is 1010 g/mol. The minimum atomic E-state index is -0.682. The van der Waals surface area contributed by atoms with Crippen LogP contribution in [-0.2, 0) is 37.3 Å². The predicted octanol–water partition coefficient (Wildman–Crippen LogP) is 16.9. The molecule has 9 rings (SSSR count). The molecule has 2 heterocycles. The first-order chi connectivity index (χ1) is 32.1. The SMILES string of the molecule is [2H]C(C)(C)c1ccc(-c2ccnc(-c3[c-]c(-c4cccc5c4nc(-c4cc(C(C)(C)C)cc(C(C)(C)C)c4O)n5-c4cc(-c5ccccc5)cc(C(C)(C)C)c4)cc(-c4ccccc4)c3)c2)cc1.[Pt]. The number of pyridine rings is 1. The molecule has 4 nitrogen and oxygen atoms in total. The van der Waals surface area contributed by atoms with Crippen molar-refractivity contribution in [2.45, 2.75) is 98.3 Å². The predicted molar refractivity (Wildman–Crippen MR) is 282 cm³/mol. The average molecular weight is 1070 g/mol. The van der Waals surface area contributed by atoms with Crippen LogP contribution in [0.5, 0.6) is 5.75 Å². The number of aromatic hydroxyl groups is 1. The fourth-order valence-electron chi connectivity index (χ4n) is 8.94. The first kappa shape index (κ1) is 46.7. The molecule has 9 aromatic rings. The average Bonchev–Trinajstić information content (AvgIpc) is 3.70. The molecule has 1 N–H and O–H groups in total. The molecule has 0 fully saturated rings. The Labute approximate surface area is 419 Å². The summed E-state index contributed by atoms with van der Waals surface area (Å²) in [6, 6.07) is 59.3. The molecular formula is C63H62N3OPt-. The molecule has 7 aromatic carbocycles. The van der Waals surface area contributed by atoms with Crippen LogP contribution in [0.1, 0.15) is 106 Å².